The summed E-state index contributed by atoms with van der Waals surface area (Å²) >= 11 is 0. The average Bonchev–Trinajstić information content (AvgIpc) is 1.61. The normalized spacial score (nSPS) is 7.62. The molecule has 8 heavy (non-hydrogen) atoms. The van der Waals surface area contributed by atoms with Gasteiger partial charge in [0, 0.05) is 6.42 Å². The van der Waals surface area contributed by atoms with E-state index in [0.29, 0.717) is 6.42 Å². The van der Waals surface area contributed by atoms with Crippen molar-refractivity contribution in [2.45, 2.75) is 26.2 Å². The van der Waals surface area contributed by atoms with E-state index in [0.717, 1.165) is 12.8 Å². The van der Waals surface area contributed by atoms with Gasteiger partial charge in [0.15, 0.2) is 0 Å². The number of carboxylic acid groups (broad SMARTS) is 1. The average molecular weight is 144 g/mol. The van der Waals surface area contributed by atoms with E-state index in [-0.39, 0.29) is 37.7 Å². The molecule has 0 rings (SSSR count). The second-order valence-electron chi connectivity index (χ2n) is 1.50. The molecule has 46 valence electrons. The summed E-state index contributed by atoms with van der Waals surface area (Å²) < 4.78 is 0. The van der Waals surface area contributed by atoms with Gasteiger partial charge in [0.25, 0.3) is 0 Å². The number of hydrogen-bond donors (Lipinski definition) is 1. The van der Waals surface area contributed by atoms with Gasteiger partial charge in [-0.2, -0.15) is 0 Å². The van der Waals surface area contributed by atoms with Gasteiger partial charge < -0.3 is 5.11 Å². The van der Waals surface area contributed by atoms with Crippen molar-refractivity contribution in [2.75, 3.05) is 0 Å². The van der Waals surface area contributed by atoms with Crippen LogP contribution < -0.4 is 0 Å². The third-order valence-corrected chi connectivity index (χ3v) is 0.744. The summed E-state index contributed by atoms with van der Waals surface area (Å²) in [6.45, 7) is 1.98. The second-order valence-corrected chi connectivity index (χ2v) is 1.50. The first-order valence-corrected chi connectivity index (χ1v) is 2.49. The summed E-state index contributed by atoms with van der Waals surface area (Å²) in [6.07, 6.45) is 2.08. The van der Waals surface area contributed by atoms with Gasteiger partial charge in [-0.1, -0.05) is 13.3 Å². The molecule has 0 saturated heterocycles. The van der Waals surface area contributed by atoms with Crippen molar-refractivity contribution in [3.8, 4) is 0 Å². The molecule has 1 N–H and O–H groups in total. The van der Waals surface area contributed by atoms with Gasteiger partial charge in [-0.25, -0.2) is 0 Å². The van der Waals surface area contributed by atoms with E-state index in [2.05, 4.69) is 0 Å². The van der Waals surface area contributed by atoms with Gasteiger partial charge in [0.05, 0.1) is 0 Å². The van der Waals surface area contributed by atoms with E-state index >= 15 is 0 Å². The number of hydrogen-bond acceptors (Lipinski definition) is 1. The number of carbonyl (C=O) groups is 1. The molecule has 0 fully saturated rings. The van der Waals surface area contributed by atoms with Gasteiger partial charge in [-0.3, -0.25) is 4.79 Å². The quantitative estimate of drug-likeness (QED) is 0.580. The molecule has 0 aromatic heterocycles. The Kier molecular flexibility index (Phi) is 11.1. The van der Waals surface area contributed by atoms with E-state index in [1.54, 1.807) is 0 Å². The molecule has 0 spiro atoms. The Bertz CT molecular complexity index is 63.4. The molecule has 0 saturated carbocycles. The van der Waals surface area contributed by atoms with E-state index in [1.807, 2.05) is 6.92 Å². The minimum absolute atomic E-state index is 0. The predicted molar refractivity (Wildman–Crippen MR) is 35.7 cm³/mol. The zero-order valence-electron chi connectivity index (χ0n) is 4.48. The molecule has 0 aliphatic rings. The van der Waals surface area contributed by atoms with Gasteiger partial charge in [0.2, 0.25) is 0 Å². The van der Waals surface area contributed by atoms with Crippen molar-refractivity contribution in [1.82, 2.24) is 0 Å². The van der Waals surface area contributed by atoms with Crippen LogP contribution in [0.25, 0.3) is 0 Å². The molecule has 0 aromatic carbocycles. The Hall–Kier alpha value is 0.730. The Morgan fingerprint density at radius 3 is 2.25 bits per heavy atom. The summed E-state index contributed by atoms with van der Waals surface area (Å²) in [7, 11) is 0. The maximum atomic E-state index is 9.76. The van der Waals surface area contributed by atoms with Crippen LogP contribution in [-0.4, -0.2) is 48.8 Å². The summed E-state index contributed by atoms with van der Waals surface area (Å²) in [5.74, 6) is -0.693. The van der Waals surface area contributed by atoms with Crippen molar-refractivity contribution in [3.63, 3.8) is 0 Å². The van der Waals surface area contributed by atoms with Crippen molar-refractivity contribution in [3.05, 3.63) is 0 Å². The Morgan fingerprint density at radius 2 is 2.12 bits per heavy atom. The number of aliphatic carboxylic acids is 1. The third-order valence-electron chi connectivity index (χ3n) is 0.744. The van der Waals surface area contributed by atoms with E-state index in [9.17, 15) is 4.79 Å². The molecule has 0 aliphatic carbocycles. The first-order chi connectivity index (χ1) is 3.27. The molecule has 0 radical (unpaired) electrons. The number of carboxylic acids is 1. The molecule has 3 heteroatoms. The van der Waals surface area contributed by atoms with Crippen molar-refractivity contribution in [2.24, 2.45) is 0 Å². The zero-order valence-corrected chi connectivity index (χ0v) is 4.48. The fourth-order valence-corrected chi connectivity index (χ4v) is 0.328. The van der Waals surface area contributed by atoms with Crippen LogP contribution >= 0.6 is 0 Å². The van der Waals surface area contributed by atoms with Gasteiger partial charge in [-0.15, -0.1) is 0 Å². The topological polar surface area (TPSA) is 37.3 Å². The van der Waals surface area contributed by atoms with E-state index in [4.69, 9.17) is 5.11 Å². The van der Waals surface area contributed by atoms with Gasteiger partial charge in [-0.05, 0) is 6.42 Å². The summed E-state index contributed by atoms with van der Waals surface area (Å²) in [5, 5.41) is 8.04. The molecule has 0 aromatic rings. The molecular weight excluding hydrogens is 132 g/mol. The summed E-state index contributed by atoms with van der Waals surface area (Å²) in [4.78, 5) is 9.76. The Balaban J connectivity index is 0. The van der Waals surface area contributed by atoms with E-state index < -0.39 is 5.97 Å². The Labute approximate surface area is 79.3 Å². The zero-order chi connectivity index (χ0) is 5.70. The number of rotatable bonds is 3. The molecule has 0 atom stereocenters. The summed E-state index contributed by atoms with van der Waals surface area (Å²) in [6, 6.07) is 0. The van der Waals surface area contributed by atoms with Crippen LogP contribution in [0.4, 0.5) is 0 Å². The molecular formula is C5H12CaO2. The van der Waals surface area contributed by atoms with Crippen molar-refractivity contribution < 1.29 is 9.90 Å². The predicted octanol–water partition coefficient (Wildman–Crippen LogP) is 0.345. The molecule has 2 nitrogen and oxygen atoms in total. The third kappa shape index (κ3) is 9.88. The fraction of sp³-hybridized carbons (Fsp3) is 0.800. The Morgan fingerprint density at radius 1 is 1.62 bits per heavy atom. The summed E-state index contributed by atoms with van der Waals surface area (Å²) in [5.41, 5.74) is 0. The maximum absolute atomic E-state index is 9.76. The number of unbranched alkanes of at least 4 members (excludes halogenated alkanes) is 1. The van der Waals surface area contributed by atoms with Gasteiger partial charge >= 0.3 is 43.7 Å². The molecule has 0 heterocycles. The first-order valence-electron chi connectivity index (χ1n) is 2.49. The van der Waals surface area contributed by atoms with Crippen LogP contribution in [0.5, 0.6) is 0 Å². The van der Waals surface area contributed by atoms with Crippen LogP contribution in [0.1, 0.15) is 26.2 Å². The first kappa shape index (κ1) is 11.5. The van der Waals surface area contributed by atoms with Crippen LogP contribution in [0.2, 0.25) is 0 Å². The molecule has 0 unspecified atom stereocenters. The molecule has 0 bridgehead atoms. The fourth-order valence-electron chi connectivity index (χ4n) is 0.328. The monoisotopic (exact) mass is 144 g/mol. The molecule has 0 aliphatic heterocycles. The van der Waals surface area contributed by atoms with Crippen molar-refractivity contribution in [1.29, 1.82) is 0 Å². The SMILES string of the molecule is CCCCC(=O)O.[CaH2]. The van der Waals surface area contributed by atoms with Crippen LogP contribution in [0, 0.1) is 0 Å². The second kappa shape index (κ2) is 7.73. The minimum atomic E-state index is -0.693. The van der Waals surface area contributed by atoms with Crippen LogP contribution in [0.3, 0.4) is 0 Å². The van der Waals surface area contributed by atoms with Crippen LogP contribution in [-0.2, 0) is 4.79 Å². The van der Waals surface area contributed by atoms with Crippen molar-refractivity contribution >= 4 is 43.7 Å². The standard InChI is InChI=1S/C5H10O2.Ca.2H/c1-2-3-4-5(6)7;;;/h2-4H2,1H3,(H,6,7);;;. The molecule has 0 amide bonds. The van der Waals surface area contributed by atoms with Crippen LogP contribution in [0.15, 0.2) is 0 Å². The van der Waals surface area contributed by atoms with Gasteiger partial charge in [0.1, 0.15) is 0 Å². The van der Waals surface area contributed by atoms with E-state index in [1.165, 1.54) is 0 Å².